The monoisotopic (exact) mass is 359 g/mol. The minimum absolute atomic E-state index is 0.0664. The number of nitrogens with zero attached hydrogens (tertiary/aromatic N) is 2. The number of rotatable bonds is 5. The van der Waals surface area contributed by atoms with E-state index in [0.29, 0.717) is 12.4 Å². The van der Waals surface area contributed by atoms with Crippen LogP contribution in [0.2, 0.25) is 0 Å². The van der Waals surface area contributed by atoms with Crippen LogP contribution in [0.25, 0.3) is 22.4 Å². The van der Waals surface area contributed by atoms with Gasteiger partial charge in [0.1, 0.15) is 18.2 Å². The molecule has 0 aliphatic carbocycles. The molecule has 4 rings (SSSR count). The lowest BCUT2D eigenvalue weighted by Gasteiger charge is -2.10. The highest BCUT2D eigenvalue weighted by Gasteiger charge is 2.11. The zero-order chi connectivity index (χ0) is 18.8. The van der Waals surface area contributed by atoms with E-state index in [2.05, 4.69) is 16.0 Å². The fourth-order valence-electron chi connectivity index (χ4n) is 2.91. The van der Waals surface area contributed by atoms with Crippen LogP contribution in [0.15, 0.2) is 66.7 Å². The van der Waals surface area contributed by atoms with Crippen LogP contribution in [0.3, 0.4) is 0 Å². The molecule has 6 nitrogen and oxygen atoms in total. The second-order valence-corrected chi connectivity index (χ2v) is 6.31. The van der Waals surface area contributed by atoms with Crippen LogP contribution in [-0.4, -0.2) is 14.9 Å². The number of aryl methyl sites for hydroxylation is 1. The lowest BCUT2D eigenvalue weighted by molar-refractivity contribution is -0.384. The van der Waals surface area contributed by atoms with Gasteiger partial charge < -0.3 is 9.72 Å². The maximum absolute atomic E-state index is 10.8. The molecule has 0 aliphatic rings. The number of nitro benzene ring substituents is 1. The van der Waals surface area contributed by atoms with Crippen molar-refractivity contribution in [1.82, 2.24) is 9.97 Å². The maximum Gasteiger partial charge on any atom is 0.269 e. The third-order valence-corrected chi connectivity index (χ3v) is 4.32. The van der Waals surface area contributed by atoms with Crippen molar-refractivity contribution >= 4 is 16.7 Å². The molecule has 0 fully saturated rings. The highest BCUT2D eigenvalue weighted by molar-refractivity contribution is 5.81. The number of nitro groups is 1. The van der Waals surface area contributed by atoms with Crippen LogP contribution in [0.5, 0.6) is 5.75 Å². The summed E-state index contributed by atoms with van der Waals surface area (Å²) in [6.07, 6.45) is 0. The molecule has 0 amide bonds. The van der Waals surface area contributed by atoms with Gasteiger partial charge in [0, 0.05) is 12.1 Å². The van der Waals surface area contributed by atoms with Crippen LogP contribution in [0.1, 0.15) is 11.1 Å². The van der Waals surface area contributed by atoms with Crippen molar-refractivity contribution in [3.8, 4) is 17.1 Å². The Bertz CT molecular complexity index is 1120. The molecule has 4 aromatic rings. The molecule has 1 N–H and O–H groups in total. The molecule has 1 heterocycles. The van der Waals surface area contributed by atoms with Gasteiger partial charge in [0.15, 0.2) is 0 Å². The lowest BCUT2D eigenvalue weighted by Crippen LogP contribution is -1.98. The molecule has 0 saturated heterocycles. The number of aromatic amines is 1. The first-order valence-corrected chi connectivity index (χ1v) is 8.52. The number of ether oxygens (including phenoxy) is 1. The molecule has 3 aromatic carbocycles. The Morgan fingerprint density at radius 3 is 2.63 bits per heavy atom. The van der Waals surface area contributed by atoms with Gasteiger partial charge in [-0.1, -0.05) is 18.2 Å². The van der Waals surface area contributed by atoms with Gasteiger partial charge in [-0.25, -0.2) is 4.98 Å². The van der Waals surface area contributed by atoms with Gasteiger partial charge in [-0.3, -0.25) is 10.1 Å². The average Bonchev–Trinajstić information content (AvgIpc) is 3.10. The molecule has 0 unspecified atom stereocenters. The first-order valence-electron chi connectivity index (χ1n) is 8.52. The largest absolute Gasteiger partial charge is 0.488 e. The number of para-hydroxylation sites is 1. The number of aromatic nitrogens is 2. The van der Waals surface area contributed by atoms with Gasteiger partial charge in [0.2, 0.25) is 0 Å². The second-order valence-electron chi connectivity index (χ2n) is 6.31. The number of H-pyrrole nitrogens is 1. The quantitative estimate of drug-likeness (QED) is 0.400. The van der Waals surface area contributed by atoms with Crippen molar-refractivity contribution < 1.29 is 9.66 Å². The number of fused-ring (bicyclic) bond motifs is 1. The van der Waals surface area contributed by atoms with Gasteiger partial charge in [-0.15, -0.1) is 0 Å². The zero-order valence-electron chi connectivity index (χ0n) is 14.7. The maximum atomic E-state index is 10.8. The topological polar surface area (TPSA) is 81.1 Å². The van der Waals surface area contributed by atoms with E-state index in [1.54, 1.807) is 12.1 Å². The average molecular weight is 359 g/mol. The van der Waals surface area contributed by atoms with E-state index in [1.165, 1.54) is 17.7 Å². The molecule has 6 heteroatoms. The van der Waals surface area contributed by atoms with E-state index in [9.17, 15) is 10.1 Å². The molecule has 0 aliphatic heterocycles. The summed E-state index contributed by atoms with van der Waals surface area (Å²) in [5.74, 6) is 1.45. The number of hydrogen-bond donors (Lipinski definition) is 1. The molecule has 0 saturated carbocycles. The normalized spacial score (nSPS) is 10.9. The van der Waals surface area contributed by atoms with E-state index >= 15 is 0 Å². The van der Waals surface area contributed by atoms with E-state index in [1.807, 2.05) is 43.3 Å². The molecule has 27 heavy (non-hydrogen) atoms. The number of imidazole rings is 1. The summed E-state index contributed by atoms with van der Waals surface area (Å²) in [7, 11) is 0. The highest BCUT2D eigenvalue weighted by atomic mass is 16.6. The number of benzene rings is 3. The third-order valence-electron chi connectivity index (χ3n) is 4.32. The van der Waals surface area contributed by atoms with E-state index in [4.69, 9.17) is 4.74 Å². The first-order chi connectivity index (χ1) is 13.1. The molecule has 1 aromatic heterocycles. The highest BCUT2D eigenvalue weighted by Crippen LogP contribution is 2.30. The molecule has 0 spiro atoms. The Morgan fingerprint density at radius 1 is 1.07 bits per heavy atom. The fourth-order valence-corrected chi connectivity index (χ4v) is 2.91. The van der Waals surface area contributed by atoms with Gasteiger partial charge >= 0.3 is 0 Å². The summed E-state index contributed by atoms with van der Waals surface area (Å²) in [6, 6.07) is 20.1. The van der Waals surface area contributed by atoms with Crippen molar-refractivity contribution in [2.24, 2.45) is 0 Å². The standard InChI is InChI=1S/C21H17N3O3/c1-14-6-11-18-19(12-14)23-21(22-18)17-4-2-3-5-20(17)27-13-15-7-9-16(10-8-15)24(25)26/h2-12H,13H2,1H3,(H,22,23). The second kappa shape index (κ2) is 6.92. The predicted molar refractivity (Wildman–Crippen MR) is 104 cm³/mol. The van der Waals surface area contributed by atoms with Crippen LogP contribution in [0, 0.1) is 17.0 Å². The third kappa shape index (κ3) is 3.50. The molecular formula is C21H17N3O3. The molecule has 0 bridgehead atoms. The summed E-state index contributed by atoms with van der Waals surface area (Å²) < 4.78 is 5.97. The van der Waals surface area contributed by atoms with Gasteiger partial charge in [0.25, 0.3) is 5.69 Å². The van der Waals surface area contributed by atoms with Gasteiger partial charge in [-0.2, -0.15) is 0 Å². The summed E-state index contributed by atoms with van der Waals surface area (Å²) in [6.45, 7) is 2.36. The number of non-ortho nitro benzene ring substituents is 1. The SMILES string of the molecule is Cc1ccc2nc(-c3ccccc3OCc3ccc([N+](=O)[O-])cc3)[nH]c2c1. The molecular weight excluding hydrogens is 342 g/mol. The molecule has 134 valence electrons. The van der Waals surface area contributed by atoms with E-state index in [-0.39, 0.29) is 5.69 Å². The Balaban J connectivity index is 1.59. The van der Waals surface area contributed by atoms with Crippen molar-refractivity contribution in [2.45, 2.75) is 13.5 Å². The summed E-state index contributed by atoms with van der Waals surface area (Å²) >= 11 is 0. The van der Waals surface area contributed by atoms with Crippen LogP contribution < -0.4 is 4.74 Å². The lowest BCUT2D eigenvalue weighted by atomic mass is 10.2. The summed E-state index contributed by atoms with van der Waals surface area (Å²) in [4.78, 5) is 18.3. The Hall–Kier alpha value is -3.67. The van der Waals surface area contributed by atoms with Crippen LogP contribution in [-0.2, 0) is 6.61 Å². The van der Waals surface area contributed by atoms with Crippen molar-refractivity contribution in [3.63, 3.8) is 0 Å². The van der Waals surface area contributed by atoms with Crippen molar-refractivity contribution in [2.75, 3.05) is 0 Å². The van der Waals surface area contributed by atoms with Gasteiger partial charge in [0.05, 0.1) is 21.5 Å². The van der Waals surface area contributed by atoms with Crippen molar-refractivity contribution in [1.29, 1.82) is 0 Å². The van der Waals surface area contributed by atoms with Crippen LogP contribution >= 0.6 is 0 Å². The summed E-state index contributed by atoms with van der Waals surface area (Å²) in [5.41, 5.74) is 4.84. The first kappa shape index (κ1) is 16.8. The molecule has 0 atom stereocenters. The van der Waals surface area contributed by atoms with E-state index < -0.39 is 4.92 Å². The predicted octanol–water partition coefficient (Wildman–Crippen LogP) is 5.03. The fraction of sp³-hybridized carbons (Fsp3) is 0.0952. The Labute approximate surface area is 155 Å². The van der Waals surface area contributed by atoms with Crippen LogP contribution in [0.4, 0.5) is 5.69 Å². The number of nitrogens with one attached hydrogen (secondary N) is 1. The minimum atomic E-state index is -0.413. The smallest absolute Gasteiger partial charge is 0.269 e. The van der Waals surface area contributed by atoms with E-state index in [0.717, 1.165) is 28.0 Å². The Kier molecular flexibility index (Phi) is 4.30. The minimum Gasteiger partial charge on any atom is -0.488 e. The number of hydrogen-bond acceptors (Lipinski definition) is 4. The summed E-state index contributed by atoms with van der Waals surface area (Å²) in [5, 5.41) is 10.8. The van der Waals surface area contributed by atoms with Gasteiger partial charge in [-0.05, 0) is 54.4 Å². The molecule has 0 radical (unpaired) electrons. The zero-order valence-corrected chi connectivity index (χ0v) is 14.7. The van der Waals surface area contributed by atoms with Crippen molar-refractivity contribution in [3.05, 3.63) is 88.0 Å². The Morgan fingerprint density at radius 2 is 1.85 bits per heavy atom.